The van der Waals surface area contributed by atoms with Gasteiger partial charge in [-0.15, -0.1) is 11.3 Å². The molecule has 0 atom stereocenters. The van der Waals surface area contributed by atoms with Gasteiger partial charge in [0.2, 0.25) is 0 Å². The normalized spacial score (nSPS) is 10.3. The highest BCUT2D eigenvalue weighted by Crippen LogP contribution is 2.18. The van der Waals surface area contributed by atoms with Gasteiger partial charge in [0, 0.05) is 17.5 Å². The van der Waals surface area contributed by atoms with Crippen LogP contribution < -0.4 is 0 Å². The van der Waals surface area contributed by atoms with Crippen molar-refractivity contribution in [2.45, 2.75) is 13.5 Å². The molecule has 1 aromatic carbocycles. The number of aromatic carboxylic acids is 1. The van der Waals surface area contributed by atoms with E-state index in [0.29, 0.717) is 12.1 Å². The minimum Gasteiger partial charge on any atom is -0.478 e. The average molecular weight is 289 g/mol. The van der Waals surface area contributed by atoms with Crippen LogP contribution in [-0.2, 0) is 6.54 Å². The summed E-state index contributed by atoms with van der Waals surface area (Å²) < 4.78 is 0. The molecule has 0 unspecified atom stereocenters. The van der Waals surface area contributed by atoms with Crippen molar-refractivity contribution in [3.8, 4) is 0 Å². The number of benzene rings is 1. The first-order chi connectivity index (χ1) is 9.49. The molecule has 1 heterocycles. The van der Waals surface area contributed by atoms with Crippen molar-refractivity contribution in [2.75, 3.05) is 7.05 Å². The van der Waals surface area contributed by atoms with Crippen LogP contribution in [0.3, 0.4) is 0 Å². The Hall–Kier alpha value is -2.14. The van der Waals surface area contributed by atoms with Crippen LogP contribution in [-0.4, -0.2) is 28.9 Å². The third-order valence-corrected chi connectivity index (χ3v) is 4.08. The molecule has 2 aromatic rings. The molecule has 4 nitrogen and oxygen atoms in total. The van der Waals surface area contributed by atoms with E-state index in [1.165, 1.54) is 17.7 Å². The second-order valence-corrected chi connectivity index (χ2v) is 5.57. The zero-order valence-electron chi connectivity index (χ0n) is 11.3. The first-order valence-corrected chi connectivity index (χ1v) is 6.99. The highest BCUT2D eigenvalue weighted by Gasteiger charge is 2.14. The molecule has 0 radical (unpaired) electrons. The first kappa shape index (κ1) is 14.3. The summed E-state index contributed by atoms with van der Waals surface area (Å²) in [6.07, 6.45) is 0. The lowest BCUT2D eigenvalue weighted by atomic mass is 10.1. The molecule has 0 saturated heterocycles. The van der Waals surface area contributed by atoms with Gasteiger partial charge in [-0.25, -0.2) is 4.79 Å². The van der Waals surface area contributed by atoms with Crippen LogP contribution in [0.25, 0.3) is 0 Å². The van der Waals surface area contributed by atoms with E-state index in [2.05, 4.69) is 0 Å². The molecule has 20 heavy (non-hydrogen) atoms. The molecule has 1 aromatic heterocycles. The number of aryl methyl sites for hydroxylation is 1. The summed E-state index contributed by atoms with van der Waals surface area (Å²) >= 11 is 1.63. The zero-order chi connectivity index (χ0) is 14.7. The van der Waals surface area contributed by atoms with Crippen LogP contribution in [0.1, 0.15) is 31.2 Å². The number of carbonyl (C=O) groups excluding carboxylic acids is 1. The maximum absolute atomic E-state index is 12.2. The van der Waals surface area contributed by atoms with E-state index in [-0.39, 0.29) is 11.5 Å². The monoisotopic (exact) mass is 289 g/mol. The fourth-order valence-corrected chi connectivity index (χ4v) is 2.79. The Balaban J connectivity index is 2.10. The van der Waals surface area contributed by atoms with Crippen molar-refractivity contribution >= 4 is 23.2 Å². The lowest BCUT2D eigenvalue weighted by Crippen LogP contribution is -2.26. The van der Waals surface area contributed by atoms with Crippen molar-refractivity contribution < 1.29 is 14.7 Å². The fourth-order valence-electron chi connectivity index (χ4n) is 1.83. The molecular weight excluding hydrogens is 274 g/mol. The zero-order valence-corrected chi connectivity index (χ0v) is 12.1. The van der Waals surface area contributed by atoms with Gasteiger partial charge < -0.3 is 10.0 Å². The topological polar surface area (TPSA) is 57.6 Å². The molecule has 0 aliphatic carbocycles. The minimum atomic E-state index is -0.994. The Labute approximate surface area is 121 Å². The van der Waals surface area contributed by atoms with E-state index < -0.39 is 5.97 Å². The molecule has 0 bridgehead atoms. The van der Waals surface area contributed by atoms with E-state index in [1.807, 2.05) is 18.4 Å². The highest BCUT2D eigenvalue weighted by atomic mass is 32.1. The number of hydrogen-bond donors (Lipinski definition) is 1. The second-order valence-electron chi connectivity index (χ2n) is 4.57. The van der Waals surface area contributed by atoms with Crippen LogP contribution in [0, 0.1) is 6.92 Å². The van der Waals surface area contributed by atoms with Crippen molar-refractivity contribution in [2.24, 2.45) is 0 Å². The third-order valence-electron chi connectivity index (χ3n) is 3.07. The van der Waals surface area contributed by atoms with Crippen LogP contribution in [0.4, 0.5) is 0 Å². The van der Waals surface area contributed by atoms with E-state index in [9.17, 15) is 9.59 Å². The number of thiophene rings is 1. The summed E-state index contributed by atoms with van der Waals surface area (Å²) in [7, 11) is 1.74. The average Bonchev–Trinajstić information content (AvgIpc) is 2.83. The van der Waals surface area contributed by atoms with E-state index >= 15 is 0 Å². The predicted octanol–water partition coefficient (Wildman–Crippen LogP) is 3.03. The molecule has 1 N–H and O–H groups in total. The van der Waals surface area contributed by atoms with E-state index in [1.54, 1.807) is 35.4 Å². The Bertz CT molecular complexity index is 631. The number of nitrogens with zero attached hydrogens (tertiary/aromatic N) is 1. The van der Waals surface area contributed by atoms with Gasteiger partial charge >= 0.3 is 5.97 Å². The summed E-state index contributed by atoms with van der Waals surface area (Å²) in [4.78, 5) is 25.8. The predicted molar refractivity (Wildman–Crippen MR) is 78.3 cm³/mol. The molecule has 0 fully saturated rings. The highest BCUT2D eigenvalue weighted by molar-refractivity contribution is 7.10. The van der Waals surface area contributed by atoms with Gasteiger partial charge in [-0.05, 0) is 48.2 Å². The molecule has 2 rings (SSSR count). The molecule has 0 spiro atoms. The molecule has 1 amide bonds. The molecular formula is C15H15NO3S. The summed E-state index contributed by atoms with van der Waals surface area (Å²) in [5.41, 5.74) is 1.85. The van der Waals surface area contributed by atoms with Gasteiger partial charge in [-0.1, -0.05) is 0 Å². The second kappa shape index (κ2) is 5.88. The maximum Gasteiger partial charge on any atom is 0.335 e. The Morgan fingerprint density at radius 2 is 1.75 bits per heavy atom. The maximum atomic E-state index is 12.2. The van der Waals surface area contributed by atoms with Crippen molar-refractivity contribution in [3.63, 3.8) is 0 Å². The van der Waals surface area contributed by atoms with Crippen LogP contribution in [0.15, 0.2) is 35.7 Å². The Morgan fingerprint density at radius 3 is 2.25 bits per heavy atom. The van der Waals surface area contributed by atoms with Gasteiger partial charge in [0.05, 0.1) is 12.1 Å². The molecule has 0 aliphatic rings. The number of rotatable bonds is 4. The summed E-state index contributed by atoms with van der Waals surface area (Å²) in [6, 6.07) is 8.01. The van der Waals surface area contributed by atoms with Gasteiger partial charge in [0.15, 0.2) is 0 Å². The Morgan fingerprint density at radius 1 is 1.15 bits per heavy atom. The largest absolute Gasteiger partial charge is 0.478 e. The van der Waals surface area contributed by atoms with Crippen molar-refractivity contribution in [1.82, 2.24) is 4.90 Å². The number of carbonyl (C=O) groups is 2. The molecule has 0 saturated carbocycles. The SMILES string of the molecule is Cc1ccsc1CN(C)C(=O)c1ccc(C(=O)O)cc1. The molecule has 0 aliphatic heterocycles. The first-order valence-electron chi connectivity index (χ1n) is 6.11. The van der Waals surface area contributed by atoms with Gasteiger partial charge in [0.1, 0.15) is 0 Å². The van der Waals surface area contributed by atoms with Gasteiger partial charge in [-0.2, -0.15) is 0 Å². The van der Waals surface area contributed by atoms with Crippen LogP contribution >= 0.6 is 11.3 Å². The summed E-state index contributed by atoms with van der Waals surface area (Å²) in [5.74, 6) is -1.11. The van der Waals surface area contributed by atoms with Crippen LogP contribution in [0.5, 0.6) is 0 Å². The number of carboxylic acid groups (broad SMARTS) is 1. The summed E-state index contributed by atoms with van der Waals surface area (Å²) in [5, 5.41) is 10.8. The minimum absolute atomic E-state index is 0.116. The standard InChI is InChI=1S/C15H15NO3S/c1-10-7-8-20-13(10)9-16(2)14(17)11-3-5-12(6-4-11)15(18)19/h3-8H,9H2,1-2H3,(H,18,19). The number of carboxylic acids is 1. The smallest absolute Gasteiger partial charge is 0.335 e. The van der Waals surface area contributed by atoms with E-state index in [4.69, 9.17) is 5.11 Å². The van der Waals surface area contributed by atoms with Crippen molar-refractivity contribution in [3.05, 3.63) is 57.3 Å². The Kier molecular flexibility index (Phi) is 4.20. The van der Waals surface area contributed by atoms with E-state index in [0.717, 1.165) is 4.88 Å². The third kappa shape index (κ3) is 3.05. The van der Waals surface area contributed by atoms with Gasteiger partial charge in [-0.3, -0.25) is 4.79 Å². The van der Waals surface area contributed by atoms with Crippen molar-refractivity contribution in [1.29, 1.82) is 0 Å². The summed E-state index contributed by atoms with van der Waals surface area (Å²) in [6.45, 7) is 2.58. The van der Waals surface area contributed by atoms with Gasteiger partial charge in [0.25, 0.3) is 5.91 Å². The number of amides is 1. The number of hydrogen-bond acceptors (Lipinski definition) is 3. The lowest BCUT2D eigenvalue weighted by Gasteiger charge is -2.17. The molecule has 104 valence electrons. The quantitative estimate of drug-likeness (QED) is 0.941. The molecule has 5 heteroatoms. The fraction of sp³-hybridized carbons (Fsp3) is 0.200. The lowest BCUT2D eigenvalue weighted by molar-refractivity contribution is 0.0695. The van der Waals surface area contributed by atoms with Crippen LogP contribution in [0.2, 0.25) is 0 Å².